The molecule has 1 saturated heterocycles. The Bertz CT molecular complexity index is 572. The summed E-state index contributed by atoms with van der Waals surface area (Å²) in [6.07, 6.45) is 0.749. The number of ether oxygens (including phenoxy) is 1. The maximum Gasteiger partial charge on any atom is 0.243 e. The second-order valence-electron chi connectivity index (χ2n) is 5.05. The molecule has 0 saturated carbocycles. The van der Waals surface area contributed by atoms with Crippen LogP contribution < -0.4 is 5.73 Å². The Morgan fingerprint density at radius 1 is 1.45 bits per heavy atom. The van der Waals surface area contributed by atoms with Crippen LogP contribution in [0.15, 0.2) is 23.1 Å². The van der Waals surface area contributed by atoms with E-state index >= 15 is 0 Å². The number of aryl methyl sites for hydroxylation is 1. The predicted molar refractivity (Wildman–Crippen MR) is 77.9 cm³/mol. The maximum atomic E-state index is 12.7. The summed E-state index contributed by atoms with van der Waals surface area (Å²) >= 11 is 0. The van der Waals surface area contributed by atoms with Gasteiger partial charge in [0.05, 0.1) is 18.1 Å². The van der Waals surface area contributed by atoms with E-state index in [9.17, 15) is 8.42 Å². The molecule has 1 aliphatic heterocycles. The molecule has 0 amide bonds. The summed E-state index contributed by atoms with van der Waals surface area (Å²) in [5, 5.41) is 0. The van der Waals surface area contributed by atoms with Crippen molar-refractivity contribution in [1.29, 1.82) is 0 Å². The van der Waals surface area contributed by atoms with Gasteiger partial charge in [0.1, 0.15) is 0 Å². The van der Waals surface area contributed by atoms with Crippen LogP contribution in [0.4, 0.5) is 0 Å². The van der Waals surface area contributed by atoms with E-state index in [0.717, 1.165) is 17.5 Å². The molecule has 0 bridgehead atoms. The summed E-state index contributed by atoms with van der Waals surface area (Å²) in [7, 11) is -3.46. The molecule has 112 valence electrons. The Morgan fingerprint density at radius 3 is 2.80 bits per heavy atom. The number of hydrogen-bond donors (Lipinski definition) is 1. The standard InChI is InChI=1S/C14H22N2O3S/c1-3-13-10-19-7-6-16(13)20(17,18)14-5-4-12(9-15)11(2)8-14/h4-5,8,13H,3,6-7,9-10,15H2,1-2H3. The maximum absolute atomic E-state index is 12.7. The van der Waals surface area contributed by atoms with Crippen LogP contribution >= 0.6 is 0 Å². The van der Waals surface area contributed by atoms with Crippen LogP contribution in [0, 0.1) is 6.92 Å². The van der Waals surface area contributed by atoms with Gasteiger partial charge in [-0.15, -0.1) is 0 Å². The van der Waals surface area contributed by atoms with Crippen LogP contribution in [-0.4, -0.2) is 38.5 Å². The minimum atomic E-state index is -3.46. The molecule has 0 aliphatic carbocycles. The summed E-state index contributed by atoms with van der Waals surface area (Å²) < 4.78 is 32.4. The zero-order valence-corrected chi connectivity index (χ0v) is 12.8. The molecule has 1 aromatic rings. The average molecular weight is 298 g/mol. The van der Waals surface area contributed by atoms with Crippen molar-refractivity contribution in [3.05, 3.63) is 29.3 Å². The van der Waals surface area contributed by atoms with E-state index in [2.05, 4.69) is 0 Å². The third kappa shape index (κ3) is 2.88. The lowest BCUT2D eigenvalue weighted by Gasteiger charge is -2.34. The SMILES string of the molecule is CCC1COCCN1S(=O)(=O)c1ccc(CN)c(C)c1. The van der Waals surface area contributed by atoms with Crippen molar-refractivity contribution in [3.63, 3.8) is 0 Å². The number of sulfonamides is 1. The van der Waals surface area contributed by atoms with Crippen molar-refractivity contribution in [1.82, 2.24) is 4.31 Å². The van der Waals surface area contributed by atoms with Gasteiger partial charge < -0.3 is 10.5 Å². The van der Waals surface area contributed by atoms with Gasteiger partial charge in [0.15, 0.2) is 0 Å². The molecule has 0 spiro atoms. The summed E-state index contributed by atoms with van der Waals surface area (Å²) in [5.74, 6) is 0. The molecule has 20 heavy (non-hydrogen) atoms. The Kier molecular flexibility index (Phi) is 4.80. The van der Waals surface area contributed by atoms with E-state index in [4.69, 9.17) is 10.5 Å². The van der Waals surface area contributed by atoms with E-state index in [-0.39, 0.29) is 6.04 Å². The lowest BCUT2D eigenvalue weighted by Crippen LogP contribution is -2.48. The lowest BCUT2D eigenvalue weighted by atomic mass is 10.1. The van der Waals surface area contributed by atoms with Crippen LogP contribution in [0.2, 0.25) is 0 Å². The zero-order valence-electron chi connectivity index (χ0n) is 12.0. The van der Waals surface area contributed by atoms with E-state index in [0.29, 0.717) is 31.2 Å². The first-order valence-electron chi connectivity index (χ1n) is 6.90. The first-order chi connectivity index (χ1) is 9.50. The van der Waals surface area contributed by atoms with Gasteiger partial charge in [-0.1, -0.05) is 13.0 Å². The van der Waals surface area contributed by atoms with Crippen molar-refractivity contribution in [2.24, 2.45) is 5.73 Å². The van der Waals surface area contributed by atoms with Crippen LogP contribution in [0.5, 0.6) is 0 Å². The highest BCUT2D eigenvalue weighted by Gasteiger charge is 2.33. The highest BCUT2D eigenvalue weighted by molar-refractivity contribution is 7.89. The number of rotatable bonds is 4. The van der Waals surface area contributed by atoms with Gasteiger partial charge in [-0.3, -0.25) is 0 Å². The van der Waals surface area contributed by atoms with Gasteiger partial charge in [0.25, 0.3) is 0 Å². The molecule has 2 rings (SSSR count). The molecule has 1 aliphatic rings. The summed E-state index contributed by atoms with van der Waals surface area (Å²) in [6.45, 7) is 5.62. The quantitative estimate of drug-likeness (QED) is 0.908. The first-order valence-corrected chi connectivity index (χ1v) is 8.34. The second-order valence-corrected chi connectivity index (χ2v) is 6.94. The Morgan fingerprint density at radius 2 is 2.20 bits per heavy atom. The van der Waals surface area contributed by atoms with Crippen LogP contribution in [0.25, 0.3) is 0 Å². The van der Waals surface area contributed by atoms with Crippen molar-refractivity contribution >= 4 is 10.0 Å². The summed E-state index contributed by atoms with van der Waals surface area (Å²) in [4.78, 5) is 0.340. The van der Waals surface area contributed by atoms with Crippen molar-refractivity contribution in [2.75, 3.05) is 19.8 Å². The molecule has 0 aromatic heterocycles. The van der Waals surface area contributed by atoms with Gasteiger partial charge in [-0.25, -0.2) is 8.42 Å². The van der Waals surface area contributed by atoms with Gasteiger partial charge in [0, 0.05) is 19.1 Å². The third-order valence-electron chi connectivity index (χ3n) is 3.79. The van der Waals surface area contributed by atoms with Crippen LogP contribution in [-0.2, 0) is 21.3 Å². The van der Waals surface area contributed by atoms with Crippen LogP contribution in [0.1, 0.15) is 24.5 Å². The molecule has 1 atom stereocenters. The minimum Gasteiger partial charge on any atom is -0.378 e. The second kappa shape index (κ2) is 6.22. The smallest absolute Gasteiger partial charge is 0.243 e. The fraction of sp³-hybridized carbons (Fsp3) is 0.571. The topological polar surface area (TPSA) is 72.6 Å². The number of morpholine rings is 1. The Balaban J connectivity index is 2.36. The normalized spacial score (nSPS) is 21.1. The fourth-order valence-electron chi connectivity index (χ4n) is 2.47. The molecule has 1 fully saturated rings. The van der Waals surface area contributed by atoms with Crippen molar-refractivity contribution in [3.8, 4) is 0 Å². The zero-order chi connectivity index (χ0) is 14.8. The van der Waals surface area contributed by atoms with Gasteiger partial charge >= 0.3 is 0 Å². The molecular weight excluding hydrogens is 276 g/mol. The highest BCUT2D eigenvalue weighted by atomic mass is 32.2. The summed E-state index contributed by atoms with van der Waals surface area (Å²) in [5.41, 5.74) is 7.50. The van der Waals surface area contributed by atoms with E-state index < -0.39 is 10.0 Å². The predicted octanol–water partition coefficient (Wildman–Crippen LogP) is 1.25. The third-order valence-corrected chi connectivity index (χ3v) is 5.73. The molecular formula is C14H22N2O3S. The van der Waals surface area contributed by atoms with Crippen LogP contribution in [0.3, 0.4) is 0 Å². The van der Waals surface area contributed by atoms with Gasteiger partial charge in [-0.05, 0) is 36.6 Å². The van der Waals surface area contributed by atoms with E-state index in [1.54, 1.807) is 22.5 Å². The molecule has 5 nitrogen and oxygen atoms in total. The molecule has 2 N–H and O–H groups in total. The number of hydrogen-bond acceptors (Lipinski definition) is 4. The van der Waals surface area contributed by atoms with E-state index in [1.165, 1.54) is 0 Å². The lowest BCUT2D eigenvalue weighted by molar-refractivity contribution is 0.0314. The largest absolute Gasteiger partial charge is 0.378 e. The molecule has 6 heteroatoms. The number of benzene rings is 1. The van der Waals surface area contributed by atoms with Crippen molar-refractivity contribution in [2.45, 2.75) is 37.8 Å². The van der Waals surface area contributed by atoms with Gasteiger partial charge in [-0.2, -0.15) is 4.31 Å². The highest BCUT2D eigenvalue weighted by Crippen LogP contribution is 2.23. The number of nitrogens with zero attached hydrogens (tertiary/aromatic N) is 1. The Hall–Kier alpha value is -0.950. The number of nitrogens with two attached hydrogens (primary N) is 1. The van der Waals surface area contributed by atoms with E-state index in [1.807, 2.05) is 13.8 Å². The summed E-state index contributed by atoms with van der Waals surface area (Å²) in [6, 6.07) is 5.07. The molecule has 0 radical (unpaired) electrons. The van der Waals surface area contributed by atoms with Gasteiger partial charge in [0.2, 0.25) is 10.0 Å². The molecule has 1 aromatic carbocycles. The molecule has 1 unspecified atom stereocenters. The Labute approximate surface area is 120 Å². The average Bonchev–Trinajstić information content (AvgIpc) is 2.47. The fourth-order valence-corrected chi connectivity index (χ4v) is 4.22. The molecule has 1 heterocycles. The monoisotopic (exact) mass is 298 g/mol. The first kappa shape index (κ1) is 15.4. The van der Waals surface area contributed by atoms with Crippen molar-refractivity contribution < 1.29 is 13.2 Å². The minimum absolute atomic E-state index is 0.0803.